The van der Waals surface area contributed by atoms with Crippen LogP contribution >= 0.6 is 0 Å². The second-order valence-corrected chi connectivity index (χ2v) is 4.94. The molecular weight excluding hydrogens is 224 g/mol. The van der Waals surface area contributed by atoms with Gasteiger partial charge in [-0.25, -0.2) is 0 Å². The van der Waals surface area contributed by atoms with Crippen molar-refractivity contribution in [3.8, 4) is 0 Å². The maximum Gasteiger partial charge on any atom is 0.221 e. The predicted molar refractivity (Wildman–Crippen MR) is 75.2 cm³/mol. The van der Waals surface area contributed by atoms with Crippen LogP contribution in [-0.2, 0) is 11.3 Å². The van der Waals surface area contributed by atoms with Crippen molar-refractivity contribution in [3.63, 3.8) is 0 Å². The minimum atomic E-state index is 0.107. The molecule has 0 aromatic heterocycles. The normalized spacial score (nSPS) is 10.6. The molecule has 0 bridgehead atoms. The van der Waals surface area contributed by atoms with E-state index in [4.69, 9.17) is 0 Å². The van der Waals surface area contributed by atoms with Gasteiger partial charge in [0.2, 0.25) is 5.91 Å². The highest BCUT2D eigenvalue weighted by atomic mass is 16.1. The predicted octanol–water partition coefficient (Wildman–Crippen LogP) is 2.33. The van der Waals surface area contributed by atoms with E-state index in [9.17, 15) is 4.79 Å². The summed E-state index contributed by atoms with van der Waals surface area (Å²) in [5.74, 6) is 0.820. The first-order chi connectivity index (χ1) is 8.68. The lowest BCUT2D eigenvalue weighted by molar-refractivity contribution is -0.121. The fraction of sp³-hybridized carbons (Fsp3) is 0.533. The molecule has 0 spiro atoms. The highest BCUT2D eigenvalue weighted by molar-refractivity contribution is 5.76. The van der Waals surface area contributed by atoms with Crippen LogP contribution in [0.25, 0.3) is 0 Å². The third-order valence-corrected chi connectivity index (χ3v) is 2.76. The minimum Gasteiger partial charge on any atom is -0.352 e. The number of hydrogen-bond acceptors (Lipinski definition) is 2. The number of carbonyl (C=O) groups is 1. The van der Waals surface area contributed by atoms with Crippen molar-refractivity contribution in [2.24, 2.45) is 5.92 Å². The molecule has 1 amide bonds. The monoisotopic (exact) mass is 248 g/mol. The third-order valence-electron chi connectivity index (χ3n) is 2.76. The molecular formula is C15H24N2O. The van der Waals surface area contributed by atoms with Crippen molar-refractivity contribution in [2.75, 3.05) is 13.1 Å². The molecule has 0 saturated carbocycles. The van der Waals surface area contributed by atoms with Crippen molar-refractivity contribution >= 4 is 5.91 Å². The Balaban J connectivity index is 2.04. The van der Waals surface area contributed by atoms with E-state index in [0.717, 1.165) is 25.1 Å². The molecule has 0 saturated heterocycles. The Bertz CT molecular complexity index is 336. The number of rotatable bonds is 8. The van der Waals surface area contributed by atoms with Gasteiger partial charge in [-0.3, -0.25) is 4.79 Å². The SMILES string of the molecule is CC(C)CCNCCC(=O)NCc1ccccc1. The standard InChI is InChI=1S/C15H24N2O/c1-13(2)8-10-16-11-9-15(18)17-12-14-6-4-3-5-7-14/h3-7,13,16H,8-12H2,1-2H3,(H,17,18). The maximum absolute atomic E-state index is 11.6. The third kappa shape index (κ3) is 7.07. The fourth-order valence-electron chi connectivity index (χ4n) is 1.60. The van der Waals surface area contributed by atoms with Gasteiger partial charge in [0, 0.05) is 19.5 Å². The molecule has 3 nitrogen and oxygen atoms in total. The first-order valence-corrected chi connectivity index (χ1v) is 6.70. The molecule has 3 heteroatoms. The summed E-state index contributed by atoms with van der Waals surface area (Å²) in [7, 11) is 0. The molecule has 1 aromatic rings. The Kier molecular flexibility index (Phi) is 7.11. The summed E-state index contributed by atoms with van der Waals surface area (Å²) >= 11 is 0. The molecule has 1 rings (SSSR count). The van der Waals surface area contributed by atoms with Crippen LogP contribution in [0.1, 0.15) is 32.3 Å². The van der Waals surface area contributed by atoms with Crippen molar-refractivity contribution in [1.29, 1.82) is 0 Å². The first kappa shape index (κ1) is 14.7. The molecule has 0 aliphatic rings. The van der Waals surface area contributed by atoms with E-state index in [1.54, 1.807) is 0 Å². The summed E-state index contributed by atoms with van der Waals surface area (Å²) in [6, 6.07) is 9.97. The largest absolute Gasteiger partial charge is 0.352 e. The highest BCUT2D eigenvalue weighted by Gasteiger charge is 2.00. The first-order valence-electron chi connectivity index (χ1n) is 6.70. The van der Waals surface area contributed by atoms with Gasteiger partial charge < -0.3 is 10.6 Å². The number of carbonyl (C=O) groups excluding carboxylic acids is 1. The van der Waals surface area contributed by atoms with Gasteiger partial charge in [0.25, 0.3) is 0 Å². The smallest absolute Gasteiger partial charge is 0.221 e. The van der Waals surface area contributed by atoms with E-state index >= 15 is 0 Å². The Labute approximate surface area is 110 Å². The molecule has 0 heterocycles. The van der Waals surface area contributed by atoms with Gasteiger partial charge in [0.05, 0.1) is 0 Å². The second-order valence-electron chi connectivity index (χ2n) is 4.94. The summed E-state index contributed by atoms with van der Waals surface area (Å²) in [6.45, 7) is 6.77. The number of hydrogen-bond donors (Lipinski definition) is 2. The Morgan fingerprint density at radius 1 is 1.17 bits per heavy atom. The zero-order valence-corrected chi connectivity index (χ0v) is 11.4. The molecule has 18 heavy (non-hydrogen) atoms. The minimum absolute atomic E-state index is 0.107. The van der Waals surface area contributed by atoms with Gasteiger partial charge in [-0.1, -0.05) is 44.2 Å². The van der Waals surface area contributed by atoms with Crippen molar-refractivity contribution in [3.05, 3.63) is 35.9 Å². The van der Waals surface area contributed by atoms with Gasteiger partial charge in [-0.15, -0.1) is 0 Å². The molecule has 0 atom stereocenters. The summed E-state index contributed by atoms with van der Waals surface area (Å²) in [5.41, 5.74) is 1.14. The van der Waals surface area contributed by atoms with E-state index in [1.165, 1.54) is 0 Å². The molecule has 0 aliphatic carbocycles. The van der Waals surface area contributed by atoms with Crippen molar-refractivity contribution in [2.45, 2.75) is 33.2 Å². The zero-order valence-electron chi connectivity index (χ0n) is 11.4. The van der Waals surface area contributed by atoms with E-state index in [2.05, 4.69) is 24.5 Å². The lowest BCUT2D eigenvalue weighted by Crippen LogP contribution is -2.28. The van der Waals surface area contributed by atoms with Gasteiger partial charge in [0.1, 0.15) is 0 Å². The molecule has 0 unspecified atom stereocenters. The van der Waals surface area contributed by atoms with E-state index in [-0.39, 0.29) is 5.91 Å². The molecule has 0 fully saturated rings. The van der Waals surface area contributed by atoms with Crippen LogP contribution < -0.4 is 10.6 Å². The van der Waals surface area contributed by atoms with Crippen LogP contribution in [-0.4, -0.2) is 19.0 Å². The lowest BCUT2D eigenvalue weighted by atomic mass is 10.1. The van der Waals surface area contributed by atoms with Crippen LogP contribution in [0.3, 0.4) is 0 Å². The van der Waals surface area contributed by atoms with Crippen LogP contribution in [0.2, 0.25) is 0 Å². The van der Waals surface area contributed by atoms with Gasteiger partial charge >= 0.3 is 0 Å². The fourth-order valence-corrected chi connectivity index (χ4v) is 1.60. The zero-order chi connectivity index (χ0) is 13.2. The maximum atomic E-state index is 11.6. The van der Waals surface area contributed by atoms with E-state index in [1.807, 2.05) is 30.3 Å². The number of amides is 1. The molecule has 0 radical (unpaired) electrons. The average Bonchev–Trinajstić information content (AvgIpc) is 2.37. The van der Waals surface area contributed by atoms with Crippen LogP contribution in [0.5, 0.6) is 0 Å². The molecule has 0 aliphatic heterocycles. The Morgan fingerprint density at radius 2 is 1.89 bits per heavy atom. The summed E-state index contributed by atoms with van der Waals surface area (Å²) in [4.78, 5) is 11.6. The highest BCUT2D eigenvalue weighted by Crippen LogP contribution is 1.98. The quantitative estimate of drug-likeness (QED) is 0.693. The van der Waals surface area contributed by atoms with Crippen LogP contribution in [0.15, 0.2) is 30.3 Å². The molecule has 2 N–H and O–H groups in total. The Morgan fingerprint density at radius 3 is 2.56 bits per heavy atom. The Hall–Kier alpha value is -1.35. The van der Waals surface area contributed by atoms with Gasteiger partial charge in [0.15, 0.2) is 0 Å². The molecule has 1 aromatic carbocycles. The average molecular weight is 248 g/mol. The number of nitrogens with one attached hydrogen (secondary N) is 2. The van der Waals surface area contributed by atoms with Crippen LogP contribution in [0, 0.1) is 5.92 Å². The lowest BCUT2D eigenvalue weighted by Gasteiger charge is -2.07. The van der Waals surface area contributed by atoms with Crippen LogP contribution in [0.4, 0.5) is 0 Å². The van der Waals surface area contributed by atoms with E-state index in [0.29, 0.717) is 18.9 Å². The summed E-state index contributed by atoms with van der Waals surface area (Å²) in [5, 5.41) is 6.20. The summed E-state index contributed by atoms with van der Waals surface area (Å²) < 4.78 is 0. The van der Waals surface area contributed by atoms with Gasteiger partial charge in [-0.2, -0.15) is 0 Å². The summed E-state index contributed by atoms with van der Waals surface area (Å²) in [6.07, 6.45) is 1.70. The second kappa shape index (κ2) is 8.70. The topological polar surface area (TPSA) is 41.1 Å². The van der Waals surface area contributed by atoms with Gasteiger partial charge in [-0.05, 0) is 24.4 Å². The number of benzene rings is 1. The van der Waals surface area contributed by atoms with Crippen molar-refractivity contribution in [1.82, 2.24) is 10.6 Å². The van der Waals surface area contributed by atoms with Crippen molar-refractivity contribution < 1.29 is 4.79 Å². The van der Waals surface area contributed by atoms with E-state index < -0.39 is 0 Å². The molecule has 100 valence electrons.